The van der Waals surface area contributed by atoms with Crippen LogP contribution in [0.3, 0.4) is 0 Å². The van der Waals surface area contributed by atoms with Crippen LogP contribution in [0.25, 0.3) is 0 Å². The van der Waals surface area contributed by atoms with Gasteiger partial charge in [0.25, 0.3) is 5.91 Å². The Bertz CT molecular complexity index is 939. The summed E-state index contributed by atoms with van der Waals surface area (Å²) >= 11 is 0. The normalized spacial score (nSPS) is 21.1. The minimum Gasteiger partial charge on any atom is -0.481 e. The van der Waals surface area contributed by atoms with Gasteiger partial charge in [-0.1, -0.05) is 42.5 Å². The summed E-state index contributed by atoms with van der Waals surface area (Å²) in [6.45, 7) is 0.497. The molecule has 2 fully saturated rings. The number of carboxylic acids is 1. The fourth-order valence-electron chi connectivity index (χ4n) is 4.10. The highest BCUT2D eigenvalue weighted by Crippen LogP contribution is 2.36. The zero-order valence-corrected chi connectivity index (χ0v) is 16.3. The van der Waals surface area contributed by atoms with Crippen molar-refractivity contribution in [1.29, 1.82) is 0 Å². The molecule has 0 spiro atoms. The summed E-state index contributed by atoms with van der Waals surface area (Å²) in [4.78, 5) is 40.8. The number of hydrogen-bond donors (Lipinski definition) is 1. The standard InChI is InChI=1S/C23H24N2O4/c1-24(21(26)16-11-12-16)20-10-6-5-9-17(20)22(27)25-13-18(19(14-25)23(28)29)15-7-3-2-4-8-15/h2-10,16,18-19H,11-14H2,1H3,(H,28,29)/t18-,19-/m0/s1. The highest BCUT2D eigenvalue weighted by atomic mass is 16.4. The molecule has 29 heavy (non-hydrogen) atoms. The SMILES string of the molecule is CN(C(=O)C1CC1)c1ccccc1C(=O)N1C[C@H](C(=O)O)[C@H](c2ccccc2)C1. The van der Waals surface area contributed by atoms with Gasteiger partial charge in [-0.25, -0.2) is 0 Å². The molecule has 1 aliphatic carbocycles. The molecule has 2 aromatic carbocycles. The van der Waals surface area contributed by atoms with E-state index in [1.165, 1.54) is 0 Å². The second-order valence-corrected chi connectivity index (χ2v) is 7.86. The maximum Gasteiger partial charge on any atom is 0.308 e. The zero-order valence-electron chi connectivity index (χ0n) is 16.3. The van der Waals surface area contributed by atoms with Gasteiger partial charge in [-0.3, -0.25) is 14.4 Å². The smallest absolute Gasteiger partial charge is 0.308 e. The molecular formula is C23H24N2O4. The van der Waals surface area contributed by atoms with Crippen molar-refractivity contribution in [3.05, 3.63) is 65.7 Å². The highest BCUT2D eigenvalue weighted by Gasteiger charge is 2.41. The van der Waals surface area contributed by atoms with Crippen LogP contribution in [0.1, 0.15) is 34.7 Å². The van der Waals surface area contributed by atoms with Gasteiger partial charge in [0.2, 0.25) is 5.91 Å². The second kappa shape index (κ2) is 7.70. The van der Waals surface area contributed by atoms with Gasteiger partial charge >= 0.3 is 5.97 Å². The maximum atomic E-state index is 13.3. The van der Waals surface area contributed by atoms with E-state index in [9.17, 15) is 19.5 Å². The largest absolute Gasteiger partial charge is 0.481 e. The molecule has 1 N–H and O–H groups in total. The fourth-order valence-corrected chi connectivity index (χ4v) is 4.10. The summed E-state index contributed by atoms with van der Waals surface area (Å²) in [6, 6.07) is 16.5. The van der Waals surface area contributed by atoms with E-state index in [4.69, 9.17) is 0 Å². The fraction of sp³-hybridized carbons (Fsp3) is 0.348. The molecule has 2 aliphatic rings. The van der Waals surface area contributed by atoms with Crippen LogP contribution in [0.4, 0.5) is 5.69 Å². The Morgan fingerprint density at radius 3 is 2.28 bits per heavy atom. The molecule has 2 aromatic rings. The van der Waals surface area contributed by atoms with Crippen LogP contribution in [0, 0.1) is 11.8 Å². The van der Waals surface area contributed by atoms with Crippen LogP contribution in [-0.2, 0) is 9.59 Å². The molecule has 1 saturated heterocycles. The third kappa shape index (κ3) is 3.75. The number of carbonyl (C=O) groups is 3. The molecule has 2 amide bonds. The molecule has 0 bridgehead atoms. The Morgan fingerprint density at radius 2 is 1.62 bits per heavy atom. The molecule has 4 rings (SSSR count). The monoisotopic (exact) mass is 392 g/mol. The number of anilines is 1. The van der Waals surface area contributed by atoms with Gasteiger partial charge in [-0.15, -0.1) is 0 Å². The molecule has 0 unspecified atom stereocenters. The number of aliphatic carboxylic acids is 1. The molecule has 6 heteroatoms. The number of likely N-dealkylation sites (tertiary alicyclic amines) is 1. The average molecular weight is 392 g/mol. The van der Waals surface area contributed by atoms with Crippen molar-refractivity contribution in [2.24, 2.45) is 11.8 Å². The lowest BCUT2D eigenvalue weighted by Gasteiger charge is -2.23. The number of benzene rings is 2. The number of rotatable bonds is 5. The van der Waals surface area contributed by atoms with Gasteiger partial charge in [0.05, 0.1) is 17.2 Å². The van der Waals surface area contributed by atoms with E-state index < -0.39 is 11.9 Å². The van der Waals surface area contributed by atoms with Crippen LogP contribution in [-0.4, -0.2) is 47.9 Å². The molecule has 1 saturated carbocycles. The van der Waals surface area contributed by atoms with E-state index in [0.717, 1.165) is 18.4 Å². The lowest BCUT2D eigenvalue weighted by Crippen LogP contribution is -2.33. The minimum absolute atomic E-state index is 0.0252. The third-order valence-electron chi connectivity index (χ3n) is 5.90. The first kappa shape index (κ1) is 19.2. The van der Waals surface area contributed by atoms with Gasteiger partial charge in [-0.05, 0) is 30.5 Å². The molecule has 150 valence electrons. The van der Waals surface area contributed by atoms with Crippen LogP contribution in [0.2, 0.25) is 0 Å². The zero-order chi connectivity index (χ0) is 20.5. The first-order chi connectivity index (χ1) is 14.0. The summed E-state index contributed by atoms with van der Waals surface area (Å²) in [5.41, 5.74) is 1.93. The summed E-state index contributed by atoms with van der Waals surface area (Å²) in [5, 5.41) is 9.71. The summed E-state index contributed by atoms with van der Waals surface area (Å²) < 4.78 is 0. The van der Waals surface area contributed by atoms with E-state index >= 15 is 0 Å². The van der Waals surface area contributed by atoms with Gasteiger partial charge in [-0.2, -0.15) is 0 Å². The molecule has 1 heterocycles. The van der Waals surface area contributed by atoms with E-state index in [2.05, 4.69) is 0 Å². The van der Waals surface area contributed by atoms with Crippen molar-refractivity contribution in [2.45, 2.75) is 18.8 Å². The second-order valence-electron chi connectivity index (χ2n) is 7.86. The summed E-state index contributed by atoms with van der Waals surface area (Å²) in [7, 11) is 1.70. The molecule has 6 nitrogen and oxygen atoms in total. The Hall–Kier alpha value is -3.15. The Kier molecular flexibility index (Phi) is 5.09. The van der Waals surface area contributed by atoms with E-state index in [-0.39, 0.29) is 30.2 Å². The Morgan fingerprint density at radius 1 is 0.966 bits per heavy atom. The lowest BCUT2D eigenvalue weighted by atomic mass is 9.89. The molecule has 1 aliphatic heterocycles. The Labute approximate surface area is 169 Å². The molecule has 2 atom stereocenters. The lowest BCUT2D eigenvalue weighted by molar-refractivity contribution is -0.141. The van der Waals surface area contributed by atoms with Crippen molar-refractivity contribution >= 4 is 23.5 Å². The van der Waals surface area contributed by atoms with Crippen molar-refractivity contribution in [3.63, 3.8) is 0 Å². The first-order valence-corrected chi connectivity index (χ1v) is 9.91. The topological polar surface area (TPSA) is 77.9 Å². The van der Waals surface area contributed by atoms with Crippen LogP contribution >= 0.6 is 0 Å². The molecule has 0 aromatic heterocycles. The summed E-state index contributed by atoms with van der Waals surface area (Å²) in [6.07, 6.45) is 1.79. The van der Waals surface area contributed by atoms with Crippen molar-refractivity contribution in [3.8, 4) is 0 Å². The molecular weight excluding hydrogens is 368 g/mol. The van der Waals surface area contributed by atoms with Gasteiger partial charge < -0.3 is 14.9 Å². The van der Waals surface area contributed by atoms with Crippen LogP contribution in [0.5, 0.6) is 0 Å². The van der Waals surface area contributed by atoms with Gasteiger partial charge in [0.1, 0.15) is 0 Å². The average Bonchev–Trinajstić information content (AvgIpc) is 3.50. The summed E-state index contributed by atoms with van der Waals surface area (Å²) in [5.74, 6) is -1.97. The van der Waals surface area contributed by atoms with Crippen LogP contribution < -0.4 is 4.90 Å². The van der Waals surface area contributed by atoms with E-state index in [1.54, 1.807) is 41.1 Å². The third-order valence-corrected chi connectivity index (χ3v) is 5.90. The van der Waals surface area contributed by atoms with Gasteiger partial charge in [0, 0.05) is 32.0 Å². The maximum absolute atomic E-state index is 13.3. The van der Waals surface area contributed by atoms with E-state index in [0.29, 0.717) is 17.8 Å². The van der Waals surface area contributed by atoms with Crippen molar-refractivity contribution in [1.82, 2.24) is 4.90 Å². The number of para-hydroxylation sites is 1. The predicted molar refractivity (Wildman–Crippen MR) is 109 cm³/mol. The number of carboxylic acid groups (broad SMARTS) is 1. The molecule has 0 radical (unpaired) electrons. The minimum atomic E-state index is -0.900. The Balaban J connectivity index is 1.60. The number of nitrogens with zero attached hydrogens (tertiary/aromatic N) is 2. The number of amides is 2. The van der Waals surface area contributed by atoms with E-state index in [1.807, 2.05) is 30.3 Å². The highest BCUT2D eigenvalue weighted by molar-refractivity contribution is 6.05. The number of hydrogen-bond acceptors (Lipinski definition) is 3. The predicted octanol–water partition coefficient (Wildman–Crippen LogP) is 3.00. The van der Waals surface area contributed by atoms with Gasteiger partial charge in [0.15, 0.2) is 0 Å². The van der Waals surface area contributed by atoms with Crippen molar-refractivity contribution < 1.29 is 19.5 Å². The number of carbonyl (C=O) groups excluding carboxylic acids is 2. The first-order valence-electron chi connectivity index (χ1n) is 9.91. The van der Waals surface area contributed by atoms with Crippen LogP contribution in [0.15, 0.2) is 54.6 Å². The quantitative estimate of drug-likeness (QED) is 0.849. The van der Waals surface area contributed by atoms with Crippen molar-refractivity contribution in [2.75, 3.05) is 25.0 Å².